The summed E-state index contributed by atoms with van der Waals surface area (Å²) in [5.41, 5.74) is 3.08. The minimum atomic E-state index is -3.28. The molecule has 3 rings (SSSR count). The van der Waals surface area contributed by atoms with Crippen molar-refractivity contribution < 1.29 is 13.2 Å². The van der Waals surface area contributed by atoms with Gasteiger partial charge in [-0.25, -0.2) is 8.42 Å². The fraction of sp³-hybridized carbons (Fsp3) is 0.400. The molecular weight excluding hydrogens is 348 g/mol. The molecule has 0 aromatic heterocycles. The zero-order valence-corrected chi connectivity index (χ0v) is 16.2. The topological polar surface area (TPSA) is 49.9 Å². The van der Waals surface area contributed by atoms with E-state index in [1.165, 1.54) is 5.56 Å². The van der Waals surface area contributed by atoms with Gasteiger partial charge in [0.25, 0.3) is 0 Å². The van der Waals surface area contributed by atoms with Crippen LogP contribution in [0.5, 0.6) is 5.75 Å². The first-order chi connectivity index (χ1) is 12.5. The highest BCUT2D eigenvalue weighted by molar-refractivity contribution is 7.88. The fourth-order valence-corrected chi connectivity index (χ4v) is 4.87. The van der Waals surface area contributed by atoms with Gasteiger partial charge in [0.05, 0.1) is 12.9 Å². The lowest BCUT2D eigenvalue weighted by Crippen LogP contribution is -2.48. The van der Waals surface area contributed by atoms with Crippen LogP contribution in [0.3, 0.4) is 0 Å². The minimum Gasteiger partial charge on any atom is -0.497 e. The summed E-state index contributed by atoms with van der Waals surface area (Å²) in [5.74, 6) is 0.928. The number of rotatable bonds is 6. The first kappa shape index (κ1) is 18.9. The largest absolute Gasteiger partial charge is 0.497 e. The number of ether oxygens (including phenoxy) is 1. The van der Waals surface area contributed by atoms with Crippen LogP contribution in [0.2, 0.25) is 0 Å². The van der Waals surface area contributed by atoms with E-state index in [1.807, 2.05) is 49.4 Å². The Bertz CT molecular complexity index is 844. The van der Waals surface area contributed by atoms with Crippen molar-refractivity contribution in [3.8, 4) is 5.75 Å². The second-order valence-electron chi connectivity index (χ2n) is 6.71. The Morgan fingerprint density at radius 1 is 1.00 bits per heavy atom. The van der Waals surface area contributed by atoms with Crippen LogP contribution in [-0.2, 0) is 22.3 Å². The number of hydrogen-bond donors (Lipinski definition) is 0. The molecule has 0 bridgehead atoms. The van der Waals surface area contributed by atoms with Crippen molar-refractivity contribution in [2.24, 2.45) is 0 Å². The van der Waals surface area contributed by atoms with Crippen molar-refractivity contribution in [3.05, 3.63) is 65.2 Å². The Balaban J connectivity index is 1.58. The van der Waals surface area contributed by atoms with Crippen LogP contribution < -0.4 is 4.74 Å². The van der Waals surface area contributed by atoms with Gasteiger partial charge in [0, 0.05) is 32.7 Å². The molecule has 0 radical (unpaired) electrons. The number of benzene rings is 2. The standard InChI is InChI=1S/C20H26N2O3S/c1-17-6-3-4-8-19(17)16-26(23,24)22-12-10-21(11-13-22)15-18-7-5-9-20(14-18)25-2/h3-9,14H,10-13,15-16H2,1-2H3. The van der Waals surface area contributed by atoms with E-state index in [0.29, 0.717) is 13.1 Å². The molecule has 0 unspecified atom stereocenters. The third kappa shape index (κ3) is 4.63. The summed E-state index contributed by atoms with van der Waals surface area (Å²) in [7, 11) is -1.62. The van der Waals surface area contributed by atoms with Crippen molar-refractivity contribution in [2.45, 2.75) is 19.2 Å². The van der Waals surface area contributed by atoms with Gasteiger partial charge < -0.3 is 4.74 Å². The van der Waals surface area contributed by atoms with E-state index in [1.54, 1.807) is 11.4 Å². The minimum absolute atomic E-state index is 0.0789. The summed E-state index contributed by atoms with van der Waals surface area (Å²) >= 11 is 0. The lowest BCUT2D eigenvalue weighted by molar-refractivity contribution is 0.181. The van der Waals surface area contributed by atoms with Gasteiger partial charge in [0.15, 0.2) is 0 Å². The molecule has 0 saturated carbocycles. The summed E-state index contributed by atoms with van der Waals surface area (Å²) in [4.78, 5) is 2.29. The first-order valence-electron chi connectivity index (χ1n) is 8.85. The van der Waals surface area contributed by atoms with Crippen LogP contribution in [0.15, 0.2) is 48.5 Å². The molecule has 0 aliphatic carbocycles. The highest BCUT2D eigenvalue weighted by atomic mass is 32.2. The molecule has 5 nitrogen and oxygen atoms in total. The van der Waals surface area contributed by atoms with Crippen molar-refractivity contribution >= 4 is 10.0 Å². The molecular formula is C20H26N2O3S. The number of aryl methyl sites for hydroxylation is 1. The molecule has 2 aromatic rings. The molecule has 0 amide bonds. The molecule has 2 aromatic carbocycles. The van der Waals surface area contributed by atoms with Crippen molar-refractivity contribution in [3.63, 3.8) is 0 Å². The summed E-state index contributed by atoms with van der Waals surface area (Å²) in [6, 6.07) is 15.7. The summed E-state index contributed by atoms with van der Waals surface area (Å²) in [6.07, 6.45) is 0. The maximum atomic E-state index is 12.7. The van der Waals surface area contributed by atoms with Gasteiger partial charge in [-0.1, -0.05) is 36.4 Å². The number of piperazine rings is 1. The highest BCUT2D eigenvalue weighted by Gasteiger charge is 2.27. The third-order valence-corrected chi connectivity index (χ3v) is 6.69. The van der Waals surface area contributed by atoms with Gasteiger partial charge in [-0.15, -0.1) is 0 Å². The van der Waals surface area contributed by atoms with Crippen LogP contribution in [-0.4, -0.2) is 50.9 Å². The second kappa shape index (κ2) is 8.20. The molecule has 1 aliphatic heterocycles. The maximum absolute atomic E-state index is 12.7. The van der Waals surface area contributed by atoms with Gasteiger partial charge in [0.1, 0.15) is 5.75 Å². The van der Waals surface area contributed by atoms with E-state index in [4.69, 9.17) is 4.74 Å². The number of nitrogens with zero attached hydrogens (tertiary/aromatic N) is 2. The SMILES string of the molecule is COc1cccc(CN2CCN(S(=O)(=O)Cc3ccccc3C)CC2)c1. The zero-order chi connectivity index (χ0) is 18.6. The van der Waals surface area contributed by atoms with Gasteiger partial charge in [-0.2, -0.15) is 4.31 Å². The smallest absolute Gasteiger partial charge is 0.218 e. The average Bonchev–Trinajstić information content (AvgIpc) is 2.64. The van der Waals surface area contributed by atoms with Crippen LogP contribution in [0.25, 0.3) is 0 Å². The van der Waals surface area contributed by atoms with Gasteiger partial charge in [-0.05, 0) is 35.7 Å². The van der Waals surface area contributed by atoms with Gasteiger partial charge >= 0.3 is 0 Å². The van der Waals surface area contributed by atoms with Crippen LogP contribution in [0.1, 0.15) is 16.7 Å². The Morgan fingerprint density at radius 3 is 2.42 bits per heavy atom. The fourth-order valence-electron chi connectivity index (χ4n) is 3.25. The van der Waals surface area contributed by atoms with E-state index in [9.17, 15) is 8.42 Å². The van der Waals surface area contributed by atoms with Crippen molar-refractivity contribution in [1.29, 1.82) is 0 Å². The van der Waals surface area contributed by atoms with E-state index in [0.717, 1.165) is 36.5 Å². The molecule has 1 saturated heterocycles. The average molecular weight is 375 g/mol. The predicted molar refractivity (Wildman–Crippen MR) is 104 cm³/mol. The van der Waals surface area contributed by atoms with Crippen LogP contribution in [0, 0.1) is 6.92 Å². The van der Waals surface area contributed by atoms with Crippen molar-refractivity contribution in [2.75, 3.05) is 33.3 Å². The third-order valence-electron chi connectivity index (χ3n) is 4.86. The summed E-state index contributed by atoms with van der Waals surface area (Å²) in [6.45, 7) is 5.32. The molecule has 1 aliphatic rings. The monoisotopic (exact) mass is 374 g/mol. The first-order valence-corrected chi connectivity index (χ1v) is 10.5. The Hall–Kier alpha value is -1.89. The molecule has 1 fully saturated rings. The molecule has 6 heteroatoms. The summed E-state index contributed by atoms with van der Waals surface area (Å²) < 4.78 is 32.4. The van der Waals surface area contributed by atoms with E-state index in [2.05, 4.69) is 11.0 Å². The van der Waals surface area contributed by atoms with Crippen LogP contribution >= 0.6 is 0 Å². The summed E-state index contributed by atoms with van der Waals surface area (Å²) in [5, 5.41) is 0. The predicted octanol–water partition coefficient (Wildman–Crippen LogP) is 2.65. The van der Waals surface area contributed by atoms with Gasteiger partial charge in [0.2, 0.25) is 10.0 Å². The molecule has 26 heavy (non-hydrogen) atoms. The van der Waals surface area contributed by atoms with Crippen molar-refractivity contribution in [1.82, 2.24) is 9.21 Å². The maximum Gasteiger partial charge on any atom is 0.218 e. The molecule has 0 N–H and O–H groups in total. The Morgan fingerprint density at radius 2 is 1.73 bits per heavy atom. The molecule has 0 atom stereocenters. The lowest BCUT2D eigenvalue weighted by Gasteiger charge is -2.34. The van der Waals surface area contributed by atoms with E-state index < -0.39 is 10.0 Å². The molecule has 1 heterocycles. The quantitative estimate of drug-likeness (QED) is 0.780. The lowest BCUT2D eigenvalue weighted by atomic mass is 10.1. The Labute approximate surface area is 156 Å². The zero-order valence-electron chi connectivity index (χ0n) is 15.4. The van der Waals surface area contributed by atoms with Gasteiger partial charge in [-0.3, -0.25) is 4.90 Å². The number of hydrogen-bond acceptors (Lipinski definition) is 4. The van der Waals surface area contributed by atoms with E-state index in [-0.39, 0.29) is 5.75 Å². The second-order valence-corrected chi connectivity index (χ2v) is 8.68. The number of sulfonamides is 1. The normalized spacial score (nSPS) is 16.5. The molecule has 140 valence electrons. The van der Waals surface area contributed by atoms with Crippen LogP contribution in [0.4, 0.5) is 0 Å². The molecule has 0 spiro atoms. The highest BCUT2D eigenvalue weighted by Crippen LogP contribution is 2.18. The Kier molecular flexibility index (Phi) is 5.96. The van der Waals surface area contributed by atoms with E-state index >= 15 is 0 Å². The number of methoxy groups -OCH3 is 1.